The molecule has 1 heterocycles. The van der Waals surface area contributed by atoms with Crippen molar-refractivity contribution in [3.8, 4) is 0 Å². The lowest BCUT2D eigenvalue weighted by Crippen LogP contribution is -2.57. The normalized spacial score (nSPS) is 36.9. The van der Waals surface area contributed by atoms with Crippen LogP contribution in [0.25, 0.3) is 0 Å². The van der Waals surface area contributed by atoms with Crippen molar-refractivity contribution in [2.45, 2.75) is 62.8 Å². The first-order valence-electron chi connectivity index (χ1n) is 8.52. The van der Waals surface area contributed by atoms with Crippen LogP contribution in [-0.4, -0.2) is 49.1 Å². The summed E-state index contributed by atoms with van der Waals surface area (Å²) in [5.74, 6) is 1.57. The molecule has 1 spiro atoms. The lowest BCUT2D eigenvalue weighted by Gasteiger charge is -2.45. The molecule has 0 bridgehead atoms. The van der Waals surface area contributed by atoms with Gasteiger partial charge in [-0.25, -0.2) is 0 Å². The Labute approximate surface area is 122 Å². The molecule has 2 atom stereocenters. The van der Waals surface area contributed by atoms with E-state index < -0.39 is 0 Å². The van der Waals surface area contributed by atoms with Gasteiger partial charge in [-0.2, -0.15) is 0 Å². The summed E-state index contributed by atoms with van der Waals surface area (Å²) in [5.41, 5.74) is 6.47. The van der Waals surface area contributed by atoms with E-state index in [0.29, 0.717) is 12.1 Å². The second-order valence-corrected chi connectivity index (χ2v) is 7.42. The average Bonchev–Trinajstić information content (AvgIpc) is 3.36. The first kappa shape index (κ1) is 13.5. The fourth-order valence-corrected chi connectivity index (χ4v) is 3.92. The van der Waals surface area contributed by atoms with E-state index >= 15 is 0 Å². The third kappa shape index (κ3) is 2.89. The molecule has 2 unspecified atom stereocenters. The maximum absolute atomic E-state index is 6.47. The van der Waals surface area contributed by atoms with Crippen LogP contribution in [-0.2, 0) is 9.47 Å². The minimum atomic E-state index is -0.300. The summed E-state index contributed by atoms with van der Waals surface area (Å²) in [7, 11) is 0. The Morgan fingerprint density at radius 3 is 2.10 bits per heavy atom. The Bertz CT molecular complexity index is 334. The summed E-state index contributed by atoms with van der Waals surface area (Å²) in [5, 5.41) is 0. The summed E-state index contributed by atoms with van der Waals surface area (Å²) in [4.78, 5) is 2.70. The Kier molecular flexibility index (Phi) is 3.53. The van der Waals surface area contributed by atoms with E-state index in [2.05, 4.69) is 4.90 Å². The molecule has 0 amide bonds. The molecule has 3 saturated carbocycles. The van der Waals surface area contributed by atoms with Gasteiger partial charge in [0.25, 0.3) is 0 Å². The van der Waals surface area contributed by atoms with Gasteiger partial charge in [0.15, 0.2) is 5.79 Å². The van der Waals surface area contributed by atoms with Gasteiger partial charge < -0.3 is 15.2 Å². The maximum atomic E-state index is 6.47. The Morgan fingerprint density at radius 2 is 1.55 bits per heavy atom. The molecule has 0 aromatic heterocycles. The summed E-state index contributed by atoms with van der Waals surface area (Å²) < 4.78 is 11.9. The molecule has 2 N–H and O–H groups in total. The molecular weight excluding hydrogens is 252 g/mol. The van der Waals surface area contributed by atoms with Crippen LogP contribution >= 0.6 is 0 Å². The minimum Gasteiger partial charge on any atom is -0.347 e. The molecule has 3 aliphatic carbocycles. The molecule has 4 heteroatoms. The standard InChI is InChI=1S/C16H28N2O2/c17-14-5-6-16(19-7-8-20-16)9-15(14)18(10-12-1-2-12)11-13-3-4-13/h12-15H,1-11,17H2. The van der Waals surface area contributed by atoms with E-state index in [1.165, 1.54) is 38.8 Å². The van der Waals surface area contributed by atoms with Gasteiger partial charge in [-0.3, -0.25) is 4.90 Å². The highest BCUT2D eigenvalue weighted by Gasteiger charge is 2.47. The molecule has 1 aliphatic heterocycles. The zero-order valence-electron chi connectivity index (χ0n) is 12.4. The van der Waals surface area contributed by atoms with E-state index in [0.717, 1.165) is 44.3 Å². The predicted octanol–water partition coefficient (Wildman–Crippen LogP) is 1.73. The smallest absolute Gasteiger partial charge is 0.170 e. The van der Waals surface area contributed by atoms with Gasteiger partial charge in [-0.05, 0) is 43.9 Å². The molecule has 4 fully saturated rings. The molecule has 114 valence electrons. The molecule has 0 aromatic rings. The number of ether oxygens (including phenoxy) is 2. The number of nitrogens with two attached hydrogens (primary N) is 1. The predicted molar refractivity (Wildman–Crippen MR) is 77.3 cm³/mol. The fraction of sp³-hybridized carbons (Fsp3) is 1.00. The molecule has 0 aromatic carbocycles. The molecule has 4 nitrogen and oxygen atoms in total. The molecule has 0 radical (unpaired) electrons. The SMILES string of the molecule is NC1CCC2(CC1N(CC1CC1)CC1CC1)OCCO2. The highest BCUT2D eigenvalue weighted by atomic mass is 16.7. The fourth-order valence-electron chi connectivity index (χ4n) is 3.92. The first-order chi connectivity index (χ1) is 9.74. The van der Waals surface area contributed by atoms with E-state index in [-0.39, 0.29) is 5.79 Å². The van der Waals surface area contributed by atoms with Gasteiger partial charge in [-0.1, -0.05) is 0 Å². The van der Waals surface area contributed by atoms with Crippen LogP contribution in [0.15, 0.2) is 0 Å². The van der Waals surface area contributed by atoms with E-state index in [1.54, 1.807) is 0 Å². The van der Waals surface area contributed by atoms with Crippen molar-refractivity contribution in [2.24, 2.45) is 17.6 Å². The largest absolute Gasteiger partial charge is 0.347 e. The quantitative estimate of drug-likeness (QED) is 0.833. The Balaban J connectivity index is 1.46. The lowest BCUT2D eigenvalue weighted by atomic mass is 9.84. The van der Waals surface area contributed by atoms with Crippen molar-refractivity contribution >= 4 is 0 Å². The minimum absolute atomic E-state index is 0.297. The van der Waals surface area contributed by atoms with E-state index in [9.17, 15) is 0 Å². The van der Waals surface area contributed by atoms with Crippen LogP contribution in [0.2, 0.25) is 0 Å². The number of hydrogen-bond acceptors (Lipinski definition) is 4. The van der Waals surface area contributed by atoms with Gasteiger partial charge in [0.1, 0.15) is 0 Å². The topological polar surface area (TPSA) is 47.7 Å². The monoisotopic (exact) mass is 280 g/mol. The molecule has 1 saturated heterocycles. The van der Waals surface area contributed by atoms with Gasteiger partial charge in [0, 0.05) is 38.0 Å². The van der Waals surface area contributed by atoms with Crippen LogP contribution in [0, 0.1) is 11.8 Å². The second-order valence-electron chi connectivity index (χ2n) is 7.42. The van der Waals surface area contributed by atoms with Crippen molar-refractivity contribution in [3.63, 3.8) is 0 Å². The van der Waals surface area contributed by atoms with Gasteiger partial charge in [-0.15, -0.1) is 0 Å². The van der Waals surface area contributed by atoms with Gasteiger partial charge in [0.05, 0.1) is 13.2 Å². The summed E-state index contributed by atoms with van der Waals surface area (Å²) in [6.07, 6.45) is 8.67. The van der Waals surface area contributed by atoms with Crippen LogP contribution < -0.4 is 5.73 Å². The second kappa shape index (κ2) is 5.24. The average molecular weight is 280 g/mol. The zero-order valence-corrected chi connectivity index (χ0v) is 12.4. The van der Waals surface area contributed by atoms with Crippen molar-refractivity contribution in [3.05, 3.63) is 0 Å². The molecule has 4 rings (SSSR count). The van der Waals surface area contributed by atoms with Crippen LogP contribution in [0.3, 0.4) is 0 Å². The Hall–Kier alpha value is -0.160. The molecule has 4 aliphatic rings. The van der Waals surface area contributed by atoms with Gasteiger partial charge in [0.2, 0.25) is 0 Å². The molecular formula is C16H28N2O2. The van der Waals surface area contributed by atoms with Crippen LogP contribution in [0.4, 0.5) is 0 Å². The van der Waals surface area contributed by atoms with Crippen LogP contribution in [0.5, 0.6) is 0 Å². The third-order valence-corrected chi connectivity index (χ3v) is 5.53. The van der Waals surface area contributed by atoms with Crippen LogP contribution in [0.1, 0.15) is 44.9 Å². The third-order valence-electron chi connectivity index (χ3n) is 5.53. The van der Waals surface area contributed by atoms with Crippen molar-refractivity contribution in [2.75, 3.05) is 26.3 Å². The number of nitrogens with zero attached hydrogens (tertiary/aromatic N) is 1. The van der Waals surface area contributed by atoms with Crippen molar-refractivity contribution in [1.29, 1.82) is 0 Å². The summed E-state index contributed by atoms with van der Waals surface area (Å²) >= 11 is 0. The number of hydrogen-bond donors (Lipinski definition) is 1. The lowest BCUT2D eigenvalue weighted by molar-refractivity contribution is -0.192. The molecule has 20 heavy (non-hydrogen) atoms. The maximum Gasteiger partial charge on any atom is 0.170 e. The zero-order chi connectivity index (χ0) is 13.6. The summed E-state index contributed by atoms with van der Waals surface area (Å²) in [6.45, 7) is 4.02. The van der Waals surface area contributed by atoms with Crippen molar-refractivity contribution < 1.29 is 9.47 Å². The summed E-state index contributed by atoms with van der Waals surface area (Å²) in [6, 6.07) is 0.758. The highest BCUT2D eigenvalue weighted by molar-refractivity contribution is 4.97. The Morgan fingerprint density at radius 1 is 0.950 bits per heavy atom. The van der Waals surface area contributed by atoms with E-state index in [1.807, 2.05) is 0 Å². The first-order valence-corrected chi connectivity index (χ1v) is 8.52. The van der Waals surface area contributed by atoms with Crippen molar-refractivity contribution in [1.82, 2.24) is 4.90 Å². The van der Waals surface area contributed by atoms with E-state index in [4.69, 9.17) is 15.2 Å². The van der Waals surface area contributed by atoms with Gasteiger partial charge >= 0.3 is 0 Å². The number of rotatable bonds is 5. The highest BCUT2D eigenvalue weighted by Crippen LogP contribution is 2.40.